The molecule has 3 nitrogen and oxygen atoms in total. The lowest BCUT2D eigenvalue weighted by molar-refractivity contribution is -0.132. The number of carbonyl (C=O) groups excluding carboxylic acids is 1. The van der Waals surface area contributed by atoms with E-state index in [0.29, 0.717) is 5.92 Å². The van der Waals surface area contributed by atoms with Crippen molar-refractivity contribution in [2.75, 3.05) is 19.6 Å². The molecule has 1 heterocycles. The van der Waals surface area contributed by atoms with Crippen molar-refractivity contribution in [3.8, 4) is 12.3 Å². The lowest BCUT2D eigenvalue weighted by Gasteiger charge is -2.36. The van der Waals surface area contributed by atoms with Gasteiger partial charge in [0.25, 0.3) is 0 Å². The van der Waals surface area contributed by atoms with Gasteiger partial charge in [-0.05, 0) is 44.7 Å². The lowest BCUT2D eigenvalue weighted by Crippen LogP contribution is -2.47. The molecule has 0 bridgehead atoms. The molecule has 2 N–H and O–H groups in total. The molecular weight excluding hydrogens is 224 g/mol. The van der Waals surface area contributed by atoms with Gasteiger partial charge in [-0.3, -0.25) is 4.79 Å². The molecule has 1 saturated heterocycles. The highest BCUT2D eigenvalue weighted by atomic mass is 16.2. The maximum atomic E-state index is 12.2. The summed E-state index contributed by atoms with van der Waals surface area (Å²) in [6.45, 7) is 6.89. The van der Waals surface area contributed by atoms with Crippen LogP contribution >= 0.6 is 0 Å². The number of amides is 1. The van der Waals surface area contributed by atoms with Gasteiger partial charge in [0.05, 0.1) is 0 Å². The summed E-state index contributed by atoms with van der Waals surface area (Å²) in [7, 11) is 0. The first-order valence-electron chi connectivity index (χ1n) is 7.01. The van der Waals surface area contributed by atoms with Crippen LogP contribution in [0.5, 0.6) is 0 Å². The fourth-order valence-corrected chi connectivity index (χ4v) is 2.44. The summed E-state index contributed by atoms with van der Waals surface area (Å²) in [4.78, 5) is 12.2. The monoisotopic (exact) mass is 250 g/mol. The zero-order valence-corrected chi connectivity index (χ0v) is 11.7. The molecule has 1 amide bonds. The van der Waals surface area contributed by atoms with Crippen LogP contribution in [-0.4, -0.2) is 25.5 Å². The van der Waals surface area contributed by atoms with Crippen molar-refractivity contribution >= 4 is 5.91 Å². The smallest absolute Gasteiger partial charge is 0.225 e. The van der Waals surface area contributed by atoms with E-state index in [1.807, 2.05) is 0 Å². The van der Waals surface area contributed by atoms with E-state index in [9.17, 15) is 4.79 Å². The normalized spacial score (nSPS) is 20.2. The topological polar surface area (TPSA) is 41.1 Å². The standard InChI is InChI=1S/C15H26N2O/c1-4-5-6-7-11-17-14(18)15(2,3)13-9-8-10-16-12-13/h1,13,16H,5-12H2,2-3H3,(H,17,18). The largest absolute Gasteiger partial charge is 0.356 e. The van der Waals surface area contributed by atoms with Gasteiger partial charge in [-0.1, -0.05) is 13.8 Å². The third-order valence-electron chi connectivity index (χ3n) is 3.94. The molecule has 1 aliphatic rings. The Morgan fingerprint density at radius 1 is 1.50 bits per heavy atom. The highest BCUT2D eigenvalue weighted by Gasteiger charge is 2.36. The van der Waals surface area contributed by atoms with E-state index in [0.717, 1.165) is 45.3 Å². The van der Waals surface area contributed by atoms with Gasteiger partial charge in [-0.25, -0.2) is 0 Å². The number of carbonyl (C=O) groups is 1. The van der Waals surface area contributed by atoms with Crippen LogP contribution in [0.3, 0.4) is 0 Å². The van der Waals surface area contributed by atoms with Gasteiger partial charge in [-0.2, -0.15) is 0 Å². The van der Waals surface area contributed by atoms with E-state index >= 15 is 0 Å². The molecule has 0 aromatic rings. The van der Waals surface area contributed by atoms with Crippen LogP contribution in [0.2, 0.25) is 0 Å². The van der Waals surface area contributed by atoms with Crippen LogP contribution in [0.4, 0.5) is 0 Å². The van der Waals surface area contributed by atoms with Crippen LogP contribution in [0.1, 0.15) is 46.0 Å². The SMILES string of the molecule is C#CCCCCNC(=O)C(C)(C)C1CCCNC1. The number of hydrogen-bond donors (Lipinski definition) is 2. The van der Waals surface area contributed by atoms with Crippen molar-refractivity contribution in [3.05, 3.63) is 0 Å². The van der Waals surface area contributed by atoms with E-state index in [1.165, 1.54) is 6.42 Å². The Morgan fingerprint density at radius 2 is 2.28 bits per heavy atom. The highest BCUT2D eigenvalue weighted by Crippen LogP contribution is 2.31. The summed E-state index contributed by atoms with van der Waals surface area (Å²) >= 11 is 0. The molecular formula is C15H26N2O. The summed E-state index contributed by atoms with van der Waals surface area (Å²) < 4.78 is 0. The Kier molecular flexibility index (Phi) is 6.21. The van der Waals surface area contributed by atoms with Gasteiger partial charge < -0.3 is 10.6 Å². The molecule has 1 atom stereocenters. The molecule has 0 aliphatic carbocycles. The van der Waals surface area contributed by atoms with Crippen LogP contribution in [-0.2, 0) is 4.79 Å². The molecule has 1 aliphatic heterocycles. The van der Waals surface area contributed by atoms with E-state index in [2.05, 4.69) is 30.4 Å². The Morgan fingerprint density at radius 3 is 2.89 bits per heavy atom. The van der Waals surface area contributed by atoms with E-state index in [4.69, 9.17) is 6.42 Å². The third-order valence-corrected chi connectivity index (χ3v) is 3.94. The first kappa shape index (κ1) is 15.0. The first-order valence-corrected chi connectivity index (χ1v) is 7.01. The lowest BCUT2D eigenvalue weighted by atomic mass is 9.74. The van der Waals surface area contributed by atoms with Crippen molar-refractivity contribution in [1.29, 1.82) is 0 Å². The molecule has 0 saturated carbocycles. The van der Waals surface area contributed by atoms with Gasteiger partial charge in [0, 0.05) is 18.4 Å². The molecule has 1 rings (SSSR count). The Labute approximate surface area is 111 Å². The minimum absolute atomic E-state index is 0.178. The molecule has 0 radical (unpaired) electrons. The maximum absolute atomic E-state index is 12.2. The predicted molar refractivity (Wildman–Crippen MR) is 75.1 cm³/mol. The highest BCUT2D eigenvalue weighted by molar-refractivity contribution is 5.82. The van der Waals surface area contributed by atoms with Crippen molar-refractivity contribution in [1.82, 2.24) is 10.6 Å². The van der Waals surface area contributed by atoms with Gasteiger partial charge in [0.2, 0.25) is 5.91 Å². The van der Waals surface area contributed by atoms with E-state index in [-0.39, 0.29) is 11.3 Å². The summed E-state index contributed by atoms with van der Waals surface area (Å²) in [6, 6.07) is 0. The second-order valence-corrected chi connectivity index (χ2v) is 5.68. The van der Waals surface area contributed by atoms with Gasteiger partial charge in [0.15, 0.2) is 0 Å². The number of nitrogens with one attached hydrogen (secondary N) is 2. The average Bonchev–Trinajstić information content (AvgIpc) is 2.39. The molecule has 0 aromatic carbocycles. The molecule has 102 valence electrons. The zero-order valence-electron chi connectivity index (χ0n) is 11.7. The maximum Gasteiger partial charge on any atom is 0.225 e. The van der Waals surface area contributed by atoms with Crippen molar-refractivity contribution in [2.24, 2.45) is 11.3 Å². The number of terminal acetylenes is 1. The third kappa shape index (κ3) is 4.34. The summed E-state index contributed by atoms with van der Waals surface area (Å²) in [5.41, 5.74) is -0.278. The van der Waals surface area contributed by atoms with Crippen LogP contribution in [0.15, 0.2) is 0 Å². The fraction of sp³-hybridized carbons (Fsp3) is 0.800. The molecule has 0 spiro atoms. The number of unbranched alkanes of at least 4 members (excludes halogenated alkanes) is 2. The quantitative estimate of drug-likeness (QED) is 0.559. The summed E-state index contributed by atoms with van der Waals surface area (Å²) in [5.74, 6) is 3.24. The van der Waals surface area contributed by atoms with Gasteiger partial charge >= 0.3 is 0 Å². The molecule has 18 heavy (non-hydrogen) atoms. The Balaban J connectivity index is 2.32. The second kappa shape index (κ2) is 7.43. The summed E-state index contributed by atoms with van der Waals surface area (Å²) in [5, 5.41) is 6.42. The fourth-order valence-electron chi connectivity index (χ4n) is 2.44. The Bertz CT molecular complexity index is 298. The minimum atomic E-state index is -0.278. The van der Waals surface area contributed by atoms with E-state index in [1.54, 1.807) is 0 Å². The van der Waals surface area contributed by atoms with Crippen molar-refractivity contribution in [3.63, 3.8) is 0 Å². The molecule has 1 unspecified atom stereocenters. The number of rotatable bonds is 6. The zero-order chi connectivity index (χ0) is 13.4. The minimum Gasteiger partial charge on any atom is -0.356 e. The van der Waals surface area contributed by atoms with Crippen molar-refractivity contribution < 1.29 is 4.79 Å². The molecule has 1 fully saturated rings. The Hall–Kier alpha value is -1.01. The van der Waals surface area contributed by atoms with Crippen LogP contribution in [0.25, 0.3) is 0 Å². The van der Waals surface area contributed by atoms with Gasteiger partial charge in [-0.15, -0.1) is 12.3 Å². The van der Waals surface area contributed by atoms with Crippen molar-refractivity contribution in [2.45, 2.75) is 46.0 Å². The molecule has 3 heteroatoms. The first-order chi connectivity index (χ1) is 8.59. The average molecular weight is 250 g/mol. The van der Waals surface area contributed by atoms with Crippen LogP contribution in [0, 0.1) is 23.7 Å². The van der Waals surface area contributed by atoms with Gasteiger partial charge in [0.1, 0.15) is 0 Å². The number of piperidine rings is 1. The van der Waals surface area contributed by atoms with Crippen LogP contribution < -0.4 is 10.6 Å². The second-order valence-electron chi connectivity index (χ2n) is 5.68. The predicted octanol–water partition coefficient (Wildman–Crippen LogP) is 1.93. The molecule has 0 aromatic heterocycles. The van der Waals surface area contributed by atoms with E-state index < -0.39 is 0 Å². The number of hydrogen-bond acceptors (Lipinski definition) is 2. The summed E-state index contributed by atoms with van der Waals surface area (Å²) in [6.07, 6.45) is 10.3.